The Morgan fingerprint density at radius 3 is 2.40 bits per heavy atom. The second-order valence-corrected chi connectivity index (χ2v) is 3.33. The van der Waals surface area contributed by atoms with E-state index in [1.54, 1.807) is 19.1 Å². The van der Waals surface area contributed by atoms with Crippen molar-refractivity contribution in [2.24, 2.45) is 0 Å². The zero-order chi connectivity index (χ0) is 11.4. The highest BCUT2D eigenvalue weighted by molar-refractivity contribution is 5.42. The lowest BCUT2D eigenvalue weighted by Crippen LogP contribution is -2.16. The molecule has 1 aromatic carbocycles. The molecule has 1 aromatic rings. The van der Waals surface area contributed by atoms with Gasteiger partial charge >= 0.3 is 0 Å². The summed E-state index contributed by atoms with van der Waals surface area (Å²) < 4.78 is 10.1. The predicted molar refractivity (Wildman–Crippen MR) is 56.1 cm³/mol. The molecule has 4 nitrogen and oxygen atoms in total. The van der Waals surface area contributed by atoms with Crippen LogP contribution in [0.4, 0.5) is 0 Å². The van der Waals surface area contributed by atoms with Gasteiger partial charge in [0.05, 0.1) is 13.2 Å². The van der Waals surface area contributed by atoms with Crippen molar-refractivity contribution in [2.45, 2.75) is 19.1 Å². The summed E-state index contributed by atoms with van der Waals surface area (Å²) in [6.07, 6.45) is -1.04. The van der Waals surface area contributed by atoms with Crippen LogP contribution in [0, 0.1) is 0 Å². The molecule has 0 saturated carbocycles. The van der Waals surface area contributed by atoms with Crippen LogP contribution < -0.4 is 4.74 Å². The van der Waals surface area contributed by atoms with Gasteiger partial charge in [0.25, 0.3) is 0 Å². The van der Waals surface area contributed by atoms with E-state index in [2.05, 4.69) is 0 Å². The first-order chi connectivity index (χ1) is 7.10. The second kappa shape index (κ2) is 5.00. The number of aliphatic hydroxyl groups excluding tert-OH is 1. The summed E-state index contributed by atoms with van der Waals surface area (Å²) in [6.45, 7) is 1.65. The molecule has 0 spiro atoms. The fourth-order valence-electron chi connectivity index (χ4n) is 1.48. The average Bonchev–Trinajstić information content (AvgIpc) is 2.21. The molecule has 0 aliphatic rings. The van der Waals surface area contributed by atoms with E-state index < -0.39 is 12.2 Å². The van der Waals surface area contributed by atoms with Crippen molar-refractivity contribution in [3.05, 3.63) is 23.8 Å². The minimum absolute atomic E-state index is 0.0710. The molecule has 84 valence electrons. The van der Waals surface area contributed by atoms with Crippen molar-refractivity contribution in [2.75, 3.05) is 14.2 Å². The van der Waals surface area contributed by atoms with Gasteiger partial charge in [0, 0.05) is 7.11 Å². The van der Waals surface area contributed by atoms with Gasteiger partial charge in [-0.2, -0.15) is 0 Å². The van der Waals surface area contributed by atoms with Crippen molar-refractivity contribution < 1.29 is 19.7 Å². The lowest BCUT2D eigenvalue weighted by Gasteiger charge is -2.19. The zero-order valence-electron chi connectivity index (χ0n) is 9.10. The molecule has 4 heteroatoms. The number of rotatable bonds is 4. The standard InChI is InChI=1S/C11H16O4/c1-7(12)11(15-3)8-4-5-9(13)10(6-8)14-2/h4-7,11-13H,1-3H3. The van der Waals surface area contributed by atoms with Gasteiger partial charge in [-0.3, -0.25) is 0 Å². The second-order valence-electron chi connectivity index (χ2n) is 3.33. The number of methoxy groups -OCH3 is 2. The van der Waals surface area contributed by atoms with Crippen LogP contribution in [0.3, 0.4) is 0 Å². The molecule has 2 N–H and O–H groups in total. The summed E-state index contributed by atoms with van der Waals surface area (Å²) in [5.74, 6) is 0.442. The van der Waals surface area contributed by atoms with E-state index in [1.807, 2.05) is 0 Å². The topological polar surface area (TPSA) is 58.9 Å². The number of phenols is 1. The molecule has 15 heavy (non-hydrogen) atoms. The quantitative estimate of drug-likeness (QED) is 0.793. The maximum absolute atomic E-state index is 9.47. The Morgan fingerprint density at radius 1 is 1.27 bits per heavy atom. The highest BCUT2D eigenvalue weighted by Gasteiger charge is 2.17. The highest BCUT2D eigenvalue weighted by atomic mass is 16.5. The Bertz CT molecular complexity index is 322. The van der Waals surface area contributed by atoms with Crippen molar-refractivity contribution in [1.82, 2.24) is 0 Å². The smallest absolute Gasteiger partial charge is 0.160 e. The number of ether oxygens (including phenoxy) is 2. The maximum Gasteiger partial charge on any atom is 0.160 e. The summed E-state index contributed by atoms with van der Waals surface area (Å²) in [5.41, 5.74) is 0.766. The van der Waals surface area contributed by atoms with Gasteiger partial charge in [-0.25, -0.2) is 0 Å². The van der Waals surface area contributed by atoms with Crippen molar-refractivity contribution in [3.8, 4) is 11.5 Å². The molecular weight excluding hydrogens is 196 g/mol. The van der Waals surface area contributed by atoms with Crippen molar-refractivity contribution >= 4 is 0 Å². The van der Waals surface area contributed by atoms with Gasteiger partial charge in [0.1, 0.15) is 6.10 Å². The molecule has 0 aliphatic carbocycles. The van der Waals surface area contributed by atoms with E-state index in [0.717, 1.165) is 5.56 Å². The molecule has 0 amide bonds. The minimum atomic E-state index is -0.621. The molecule has 0 saturated heterocycles. The van der Waals surface area contributed by atoms with Gasteiger partial charge in [-0.05, 0) is 24.6 Å². The number of phenolic OH excluding ortho intramolecular Hbond substituents is 1. The van der Waals surface area contributed by atoms with Crippen LogP contribution in [0.2, 0.25) is 0 Å². The van der Waals surface area contributed by atoms with Gasteiger partial charge in [-0.1, -0.05) is 6.07 Å². The first kappa shape index (κ1) is 11.8. The monoisotopic (exact) mass is 212 g/mol. The normalized spacial score (nSPS) is 14.7. The summed E-state index contributed by atoms with van der Waals surface area (Å²) >= 11 is 0. The number of hydrogen-bond acceptors (Lipinski definition) is 4. The van der Waals surface area contributed by atoms with E-state index in [4.69, 9.17) is 9.47 Å². The predicted octanol–water partition coefficient (Wildman–Crippen LogP) is 1.47. The third-order valence-electron chi connectivity index (χ3n) is 2.22. The van der Waals surface area contributed by atoms with Gasteiger partial charge < -0.3 is 19.7 Å². The molecule has 2 atom stereocenters. The number of benzene rings is 1. The zero-order valence-corrected chi connectivity index (χ0v) is 9.10. The molecule has 0 aliphatic heterocycles. The lowest BCUT2D eigenvalue weighted by molar-refractivity contribution is -0.00360. The van der Waals surface area contributed by atoms with Crippen LogP contribution in [0.1, 0.15) is 18.6 Å². The largest absolute Gasteiger partial charge is 0.504 e. The SMILES string of the molecule is COc1cc(C(OC)C(C)O)ccc1O. The first-order valence-corrected chi connectivity index (χ1v) is 4.68. The van der Waals surface area contributed by atoms with Crippen LogP contribution >= 0.6 is 0 Å². The highest BCUT2D eigenvalue weighted by Crippen LogP contribution is 2.31. The number of aliphatic hydroxyl groups is 1. The summed E-state index contributed by atoms with van der Waals surface area (Å²) in [7, 11) is 3.00. The molecule has 1 rings (SSSR count). The Morgan fingerprint density at radius 2 is 1.93 bits per heavy atom. The molecule has 0 heterocycles. The van der Waals surface area contributed by atoms with Crippen molar-refractivity contribution in [3.63, 3.8) is 0 Å². The van der Waals surface area contributed by atoms with Gasteiger partial charge in [-0.15, -0.1) is 0 Å². The lowest BCUT2D eigenvalue weighted by atomic mass is 10.0. The number of hydrogen-bond donors (Lipinski definition) is 2. The van der Waals surface area contributed by atoms with E-state index in [0.29, 0.717) is 5.75 Å². The third-order valence-corrected chi connectivity index (χ3v) is 2.22. The van der Waals surface area contributed by atoms with Crippen LogP contribution in [0.15, 0.2) is 18.2 Å². The molecule has 0 radical (unpaired) electrons. The van der Waals surface area contributed by atoms with Crippen LogP contribution in [0.25, 0.3) is 0 Å². The molecule has 0 fully saturated rings. The average molecular weight is 212 g/mol. The van der Waals surface area contributed by atoms with E-state index >= 15 is 0 Å². The molecule has 0 aromatic heterocycles. The Kier molecular flexibility index (Phi) is 3.94. The number of aromatic hydroxyl groups is 1. The Balaban J connectivity index is 3.03. The molecule has 0 bridgehead atoms. The third kappa shape index (κ3) is 2.61. The fourth-order valence-corrected chi connectivity index (χ4v) is 1.48. The van der Waals surface area contributed by atoms with Crippen molar-refractivity contribution in [1.29, 1.82) is 0 Å². The van der Waals surface area contributed by atoms with Gasteiger partial charge in [0.15, 0.2) is 11.5 Å². The van der Waals surface area contributed by atoms with E-state index in [-0.39, 0.29) is 5.75 Å². The molecule has 2 unspecified atom stereocenters. The summed E-state index contributed by atoms with van der Waals surface area (Å²) in [6, 6.07) is 4.86. The first-order valence-electron chi connectivity index (χ1n) is 4.68. The van der Waals surface area contributed by atoms with E-state index in [9.17, 15) is 10.2 Å². The van der Waals surface area contributed by atoms with Crippen LogP contribution in [-0.2, 0) is 4.74 Å². The van der Waals surface area contributed by atoms with Crippen LogP contribution in [0.5, 0.6) is 11.5 Å². The fraction of sp³-hybridized carbons (Fsp3) is 0.455. The van der Waals surface area contributed by atoms with Crippen LogP contribution in [-0.4, -0.2) is 30.5 Å². The Labute approximate surface area is 89.1 Å². The summed E-state index contributed by atoms with van der Waals surface area (Å²) in [4.78, 5) is 0. The Hall–Kier alpha value is -1.26. The summed E-state index contributed by atoms with van der Waals surface area (Å²) in [5, 5.41) is 18.9. The molecular formula is C11H16O4. The maximum atomic E-state index is 9.47. The van der Waals surface area contributed by atoms with E-state index in [1.165, 1.54) is 20.3 Å². The minimum Gasteiger partial charge on any atom is -0.504 e. The van der Waals surface area contributed by atoms with Gasteiger partial charge in [0.2, 0.25) is 0 Å².